The first-order valence-corrected chi connectivity index (χ1v) is 13.3. The number of aryl methyl sites for hydroxylation is 2. The van der Waals surface area contributed by atoms with Gasteiger partial charge in [0.05, 0.1) is 30.7 Å². The van der Waals surface area contributed by atoms with Gasteiger partial charge < -0.3 is 0 Å². The van der Waals surface area contributed by atoms with Crippen LogP contribution in [0.25, 0.3) is 22.0 Å². The minimum absolute atomic E-state index is 0.809. The molecule has 3 heteroatoms. The molecule has 2 nitrogen and oxygen atoms in total. The third-order valence-electron chi connectivity index (χ3n) is 6.94. The number of rotatable bonds is 3. The number of pyridine rings is 1. The van der Waals surface area contributed by atoms with Crippen LogP contribution in [0.1, 0.15) is 35.1 Å². The summed E-state index contributed by atoms with van der Waals surface area (Å²) >= 11 is 0. The van der Waals surface area contributed by atoms with Gasteiger partial charge in [-0.3, -0.25) is 0 Å². The molecule has 0 unspecified atom stereocenters. The lowest BCUT2D eigenvalue weighted by molar-refractivity contribution is -0.659. The average molecular weight is 386 g/mol. The third-order valence-corrected chi connectivity index (χ3v) is 11.4. The second kappa shape index (κ2) is 6.57. The van der Waals surface area contributed by atoms with Gasteiger partial charge in [-0.1, -0.05) is 43.3 Å². The Morgan fingerprint density at radius 1 is 1.04 bits per heavy atom. The van der Waals surface area contributed by atoms with Gasteiger partial charge >= 0.3 is 0 Å². The minimum Gasteiger partial charge on any atom is -0.200 e. The van der Waals surface area contributed by atoms with Gasteiger partial charge in [-0.25, -0.2) is 4.57 Å². The number of aromatic nitrogens is 1. The van der Waals surface area contributed by atoms with E-state index in [0.717, 1.165) is 22.2 Å². The van der Waals surface area contributed by atoms with Crippen molar-refractivity contribution in [1.29, 1.82) is 5.26 Å². The quantitative estimate of drug-likeness (QED) is 0.449. The molecule has 1 aliphatic rings. The van der Waals surface area contributed by atoms with Gasteiger partial charge in [0, 0.05) is 6.07 Å². The molecule has 2 aromatic carbocycles. The molecule has 28 heavy (non-hydrogen) atoms. The number of fused-ring (bicyclic) bond motifs is 1. The van der Waals surface area contributed by atoms with Crippen LogP contribution in [-0.4, -0.2) is 8.07 Å². The van der Waals surface area contributed by atoms with Gasteiger partial charge in [-0.2, -0.15) is 5.26 Å². The molecule has 3 aromatic rings. The molecule has 0 N–H and O–H groups in total. The zero-order chi connectivity index (χ0) is 20.2. The van der Waals surface area contributed by atoms with Crippen LogP contribution in [0.15, 0.2) is 36.5 Å². The highest BCUT2D eigenvalue weighted by atomic mass is 28.3. The van der Waals surface area contributed by atoms with Crippen molar-refractivity contribution in [3.8, 4) is 17.3 Å². The van der Waals surface area contributed by atoms with Gasteiger partial charge in [0.15, 0.2) is 6.20 Å². The van der Waals surface area contributed by atoms with Crippen molar-refractivity contribution >= 4 is 24.0 Å². The first kappa shape index (κ1) is 18.9. The third kappa shape index (κ3) is 2.88. The van der Waals surface area contributed by atoms with Crippen LogP contribution < -0.4 is 9.75 Å². The number of nitriles is 1. The Labute approximate surface area is 169 Å². The average Bonchev–Trinajstić information content (AvgIpc) is 3.51. The Hall–Kier alpha value is -2.44. The standard InChI is InChI=1S/C25H29N2Si/c1-16-13-23(17(2)18(3)24(16)15-26)25-22-10-9-21(28(5,6)20-7-8-20)14-19(22)11-12-27(25)4/h9-14,20H,7-8H2,1-6H3/q+1. The molecular weight excluding hydrogens is 356 g/mol. The van der Waals surface area contributed by atoms with Crippen molar-refractivity contribution in [3.05, 3.63) is 58.8 Å². The van der Waals surface area contributed by atoms with Crippen molar-refractivity contribution in [2.45, 2.75) is 52.2 Å². The van der Waals surface area contributed by atoms with E-state index in [0.29, 0.717) is 0 Å². The summed E-state index contributed by atoms with van der Waals surface area (Å²) in [7, 11) is 0.762. The highest BCUT2D eigenvalue weighted by molar-refractivity contribution is 6.91. The van der Waals surface area contributed by atoms with Crippen molar-refractivity contribution < 1.29 is 4.57 Å². The van der Waals surface area contributed by atoms with Crippen molar-refractivity contribution in [2.24, 2.45) is 7.05 Å². The summed E-state index contributed by atoms with van der Waals surface area (Å²) in [6, 6.07) is 14.0. The van der Waals surface area contributed by atoms with E-state index in [9.17, 15) is 5.26 Å². The summed E-state index contributed by atoms with van der Waals surface area (Å²) < 4.78 is 2.22. The fraction of sp³-hybridized carbons (Fsp3) is 0.360. The van der Waals surface area contributed by atoms with E-state index >= 15 is 0 Å². The largest absolute Gasteiger partial charge is 0.220 e. The molecule has 1 aromatic heterocycles. The van der Waals surface area contributed by atoms with Crippen molar-refractivity contribution in [1.82, 2.24) is 0 Å². The molecule has 4 rings (SSSR count). The zero-order valence-electron chi connectivity index (χ0n) is 17.9. The fourth-order valence-electron chi connectivity index (χ4n) is 4.65. The van der Waals surface area contributed by atoms with E-state index in [1.54, 1.807) is 5.19 Å². The topological polar surface area (TPSA) is 27.7 Å². The van der Waals surface area contributed by atoms with Crippen LogP contribution in [0.4, 0.5) is 0 Å². The van der Waals surface area contributed by atoms with E-state index in [-0.39, 0.29) is 0 Å². The second-order valence-corrected chi connectivity index (χ2v) is 13.9. The van der Waals surface area contributed by atoms with E-state index in [2.05, 4.69) is 81.2 Å². The van der Waals surface area contributed by atoms with Crippen LogP contribution >= 0.6 is 0 Å². The van der Waals surface area contributed by atoms with Crippen LogP contribution in [0, 0.1) is 32.1 Å². The molecule has 0 saturated heterocycles. The molecule has 142 valence electrons. The van der Waals surface area contributed by atoms with E-state index in [1.165, 1.54) is 40.4 Å². The predicted octanol–water partition coefficient (Wildman–Crippen LogP) is 5.21. The predicted molar refractivity (Wildman–Crippen MR) is 120 cm³/mol. The minimum atomic E-state index is -1.36. The molecule has 0 amide bonds. The van der Waals surface area contributed by atoms with Crippen LogP contribution in [0.2, 0.25) is 18.6 Å². The monoisotopic (exact) mass is 385 g/mol. The smallest absolute Gasteiger partial charge is 0.200 e. The highest BCUT2D eigenvalue weighted by Crippen LogP contribution is 2.45. The van der Waals surface area contributed by atoms with Gasteiger partial charge in [0.25, 0.3) is 0 Å². The highest BCUT2D eigenvalue weighted by Gasteiger charge is 2.40. The Kier molecular flexibility index (Phi) is 4.43. The molecule has 0 radical (unpaired) electrons. The van der Waals surface area contributed by atoms with Crippen molar-refractivity contribution in [2.75, 3.05) is 0 Å². The summed E-state index contributed by atoms with van der Waals surface area (Å²) in [5.41, 5.74) is 7.57. The fourth-order valence-corrected chi connectivity index (χ4v) is 7.77. The molecule has 0 atom stereocenters. The van der Waals surface area contributed by atoms with Gasteiger partial charge in [0.1, 0.15) is 7.05 Å². The summed E-state index contributed by atoms with van der Waals surface area (Å²) in [4.78, 5) is 0. The van der Waals surface area contributed by atoms with Gasteiger partial charge in [0.2, 0.25) is 5.69 Å². The second-order valence-electron chi connectivity index (χ2n) is 9.05. The zero-order valence-corrected chi connectivity index (χ0v) is 18.9. The molecular formula is C25H29N2Si+. The maximum absolute atomic E-state index is 9.52. The number of hydrogen-bond acceptors (Lipinski definition) is 1. The molecule has 1 fully saturated rings. The first-order chi connectivity index (χ1) is 13.3. The lowest BCUT2D eigenvalue weighted by Gasteiger charge is -2.23. The van der Waals surface area contributed by atoms with Crippen LogP contribution in [0.3, 0.4) is 0 Å². The van der Waals surface area contributed by atoms with Gasteiger partial charge in [-0.15, -0.1) is 0 Å². The SMILES string of the molecule is Cc1cc(-c2c3ccc([Si](C)(C)C4CC4)cc3cc[n+]2C)c(C)c(C)c1C#N. The first-order valence-electron chi connectivity index (χ1n) is 10.2. The molecule has 0 bridgehead atoms. The number of benzene rings is 2. The number of hydrogen-bond donors (Lipinski definition) is 0. The van der Waals surface area contributed by atoms with Crippen molar-refractivity contribution in [3.63, 3.8) is 0 Å². The Morgan fingerprint density at radius 3 is 2.39 bits per heavy atom. The lowest BCUT2D eigenvalue weighted by Crippen LogP contribution is -2.41. The molecule has 0 spiro atoms. The Balaban J connectivity index is 1.96. The normalized spacial score (nSPS) is 14.3. The van der Waals surface area contributed by atoms with Gasteiger partial charge in [-0.05, 0) is 60.5 Å². The maximum atomic E-state index is 9.52. The molecule has 1 aliphatic carbocycles. The molecule has 1 saturated carbocycles. The number of nitrogens with zero attached hydrogens (tertiary/aromatic N) is 2. The maximum Gasteiger partial charge on any atom is 0.220 e. The molecule has 1 heterocycles. The van der Waals surface area contributed by atoms with Crippen LogP contribution in [-0.2, 0) is 7.05 Å². The lowest BCUT2D eigenvalue weighted by atomic mass is 9.91. The summed E-state index contributed by atoms with van der Waals surface area (Å²) in [5.74, 6) is 0. The summed E-state index contributed by atoms with van der Waals surface area (Å²) in [5, 5.41) is 13.7. The summed E-state index contributed by atoms with van der Waals surface area (Å²) in [6.07, 6.45) is 5.00. The van der Waals surface area contributed by atoms with E-state index in [4.69, 9.17) is 0 Å². The Bertz CT molecular complexity index is 1150. The summed E-state index contributed by atoms with van der Waals surface area (Å²) in [6.45, 7) is 11.3. The van der Waals surface area contributed by atoms with Crippen LogP contribution in [0.5, 0.6) is 0 Å². The molecule has 0 aliphatic heterocycles. The Morgan fingerprint density at radius 2 is 1.75 bits per heavy atom. The van der Waals surface area contributed by atoms with E-state index in [1.807, 2.05) is 6.92 Å². The van der Waals surface area contributed by atoms with E-state index < -0.39 is 8.07 Å².